The third-order valence-electron chi connectivity index (χ3n) is 3.21. The van der Waals surface area contributed by atoms with Crippen LogP contribution in [0.25, 0.3) is 0 Å². The normalized spacial score (nSPS) is 12.0. The SMILES string of the molecule is COc1ccc(Oc2cc(C(F)(F)C(F)(F)F)ccc2C=O)cc1F. The van der Waals surface area contributed by atoms with Crippen molar-refractivity contribution in [3.63, 3.8) is 0 Å². The van der Waals surface area contributed by atoms with Crippen molar-refractivity contribution in [1.82, 2.24) is 0 Å². The van der Waals surface area contributed by atoms with Gasteiger partial charge in [-0.2, -0.15) is 22.0 Å². The minimum absolute atomic E-state index is 0.125. The first-order valence-corrected chi connectivity index (χ1v) is 6.65. The lowest BCUT2D eigenvalue weighted by molar-refractivity contribution is -0.289. The summed E-state index contributed by atoms with van der Waals surface area (Å²) >= 11 is 0. The first-order chi connectivity index (χ1) is 11.6. The summed E-state index contributed by atoms with van der Waals surface area (Å²) in [4.78, 5) is 11.0. The highest BCUT2D eigenvalue weighted by atomic mass is 19.4. The predicted molar refractivity (Wildman–Crippen MR) is 74.8 cm³/mol. The summed E-state index contributed by atoms with van der Waals surface area (Å²) in [7, 11) is 1.21. The number of methoxy groups -OCH3 is 1. The van der Waals surface area contributed by atoms with Crippen LogP contribution in [0.4, 0.5) is 26.3 Å². The van der Waals surface area contributed by atoms with Gasteiger partial charge < -0.3 is 9.47 Å². The van der Waals surface area contributed by atoms with Gasteiger partial charge in [0, 0.05) is 11.6 Å². The zero-order chi connectivity index (χ0) is 18.8. The maximum absolute atomic E-state index is 13.6. The number of carbonyl (C=O) groups excluding carboxylic acids is 1. The molecule has 0 N–H and O–H groups in total. The lowest BCUT2D eigenvalue weighted by Gasteiger charge is -2.21. The van der Waals surface area contributed by atoms with Gasteiger partial charge in [0.2, 0.25) is 0 Å². The van der Waals surface area contributed by atoms with Gasteiger partial charge in [0.25, 0.3) is 0 Å². The van der Waals surface area contributed by atoms with Gasteiger partial charge in [-0.1, -0.05) is 6.07 Å². The number of hydrogen-bond acceptors (Lipinski definition) is 3. The molecule has 9 heteroatoms. The van der Waals surface area contributed by atoms with E-state index in [1.54, 1.807) is 0 Å². The van der Waals surface area contributed by atoms with Crippen molar-refractivity contribution in [2.24, 2.45) is 0 Å². The Morgan fingerprint density at radius 3 is 2.16 bits per heavy atom. The van der Waals surface area contributed by atoms with Crippen LogP contribution >= 0.6 is 0 Å². The van der Waals surface area contributed by atoms with Gasteiger partial charge in [0.1, 0.15) is 11.5 Å². The van der Waals surface area contributed by atoms with Crippen LogP contribution in [-0.4, -0.2) is 19.6 Å². The molecule has 0 bridgehead atoms. The van der Waals surface area contributed by atoms with Gasteiger partial charge in [-0.25, -0.2) is 4.39 Å². The monoisotopic (exact) mass is 364 g/mol. The molecule has 0 saturated heterocycles. The van der Waals surface area contributed by atoms with Crippen LogP contribution in [0, 0.1) is 5.82 Å². The standard InChI is InChI=1S/C16H10F6O3/c1-24-13-5-4-11(7-12(13)17)25-14-6-10(3-2-9(14)8-23)15(18,19)16(20,21)22/h2-8H,1H3. The molecule has 0 aromatic heterocycles. The van der Waals surface area contributed by atoms with Crippen LogP contribution in [0.3, 0.4) is 0 Å². The smallest absolute Gasteiger partial charge is 0.458 e. The fraction of sp³-hybridized carbons (Fsp3) is 0.188. The van der Waals surface area contributed by atoms with Gasteiger partial charge >= 0.3 is 12.1 Å². The highest BCUT2D eigenvalue weighted by Gasteiger charge is 2.58. The summed E-state index contributed by atoms with van der Waals surface area (Å²) in [5, 5.41) is 0. The summed E-state index contributed by atoms with van der Waals surface area (Å²) in [6.45, 7) is 0. The van der Waals surface area contributed by atoms with Crippen molar-refractivity contribution in [3.05, 3.63) is 53.3 Å². The molecule has 0 aliphatic heterocycles. The van der Waals surface area contributed by atoms with E-state index in [2.05, 4.69) is 4.74 Å². The molecule has 0 fully saturated rings. The van der Waals surface area contributed by atoms with Crippen LogP contribution in [-0.2, 0) is 5.92 Å². The molecule has 2 rings (SSSR count). The molecule has 0 atom stereocenters. The maximum Gasteiger partial charge on any atom is 0.458 e. The number of carbonyl (C=O) groups is 1. The van der Waals surface area contributed by atoms with Crippen LogP contribution in [0.15, 0.2) is 36.4 Å². The summed E-state index contributed by atoms with van der Waals surface area (Å²) in [6.07, 6.45) is -5.61. The molecule has 0 saturated carbocycles. The van der Waals surface area contributed by atoms with Gasteiger partial charge in [-0.05, 0) is 24.3 Å². The lowest BCUT2D eigenvalue weighted by atomic mass is 10.0. The van der Waals surface area contributed by atoms with Gasteiger partial charge in [-0.3, -0.25) is 4.79 Å². The zero-order valence-corrected chi connectivity index (χ0v) is 12.5. The second-order valence-corrected chi connectivity index (χ2v) is 4.84. The molecule has 0 unspecified atom stereocenters. The second kappa shape index (κ2) is 6.66. The van der Waals surface area contributed by atoms with Crippen molar-refractivity contribution in [2.75, 3.05) is 7.11 Å². The minimum atomic E-state index is -5.82. The minimum Gasteiger partial charge on any atom is -0.494 e. The van der Waals surface area contributed by atoms with E-state index >= 15 is 0 Å². The molecule has 0 heterocycles. The average molecular weight is 364 g/mol. The third kappa shape index (κ3) is 3.70. The molecule has 2 aromatic carbocycles. The van der Waals surface area contributed by atoms with Crippen molar-refractivity contribution >= 4 is 6.29 Å². The van der Waals surface area contributed by atoms with Gasteiger partial charge in [-0.15, -0.1) is 0 Å². The fourth-order valence-electron chi connectivity index (χ4n) is 1.92. The van der Waals surface area contributed by atoms with E-state index in [0.29, 0.717) is 12.1 Å². The first-order valence-electron chi connectivity index (χ1n) is 6.65. The fourth-order valence-corrected chi connectivity index (χ4v) is 1.92. The number of hydrogen-bond donors (Lipinski definition) is 0. The molecular weight excluding hydrogens is 354 g/mol. The van der Waals surface area contributed by atoms with Crippen LogP contribution < -0.4 is 9.47 Å². The van der Waals surface area contributed by atoms with Gasteiger partial charge in [0.15, 0.2) is 17.9 Å². The highest BCUT2D eigenvalue weighted by Crippen LogP contribution is 2.45. The Labute approximate surface area is 137 Å². The molecule has 0 radical (unpaired) electrons. The van der Waals surface area contributed by atoms with E-state index < -0.39 is 29.2 Å². The molecule has 25 heavy (non-hydrogen) atoms. The van der Waals surface area contributed by atoms with Crippen molar-refractivity contribution in [2.45, 2.75) is 12.1 Å². The summed E-state index contributed by atoms with van der Waals surface area (Å²) in [5.41, 5.74) is -1.69. The zero-order valence-electron chi connectivity index (χ0n) is 12.5. The van der Waals surface area contributed by atoms with Gasteiger partial charge in [0.05, 0.1) is 12.7 Å². The quantitative estimate of drug-likeness (QED) is 0.547. The van der Waals surface area contributed by atoms with Crippen LogP contribution in [0.5, 0.6) is 17.2 Å². The van der Waals surface area contributed by atoms with Crippen LogP contribution in [0.1, 0.15) is 15.9 Å². The topological polar surface area (TPSA) is 35.5 Å². The predicted octanol–water partition coefficient (Wildman–Crippen LogP) is 5.09. The molecule has 0 amide bonds. The number of aldehydes is 1. The highest BCUT2D eigenvalue weighted by molar-refractivity contribution is 5.79. The van der Waals surface area contributed by atoms with E-state index in [9.17, 15) is 31.1 Å². The van der Waals surface area contributed by atoms with E-state index in [-0.39, 0.29) is 23.3 Å². The van der Waals surface area contributed by atoms with E-state index in [1.807, 2.05) is 0 Å². The molecule has 0 aliphatic rings. The Morgan fingerprint density at radius 1 is 0.960 bits per heavy atom. The number of rotatable bonds is 5. The second-order valence-electron chi connectivity index (χ2n) is 4.84. The molecule has 0 aliphatic carbocycles. The molecule has 2 aromatic rings. The lowest BCUT2D eigenvalue weighted by Crippen LogP contribution is -2.33. The van der Waals surface area contributed by atoms with Crippen molar-refractivity contribution in [3.8, 4) is 17.2 Å². The molecule has 0 spiro atoms. The molecule has 3 nitrogen and oxygen atoms in total. The van der Waals surface area contributed by atoms with Crippen molar-refractivity contribution < 1.29 is 40.6 Å². The Hall–Kier alpha value is -2.71. The number of halogens is 6. The Kier molecular flexibility index (Phi) is 4.96. The first kappa shape index (κ1) is 18.6. The average Bonchev–Trinajstić information content (AvgIpc) is 2.54. The largest absolute Gasteiger partial charge is 0.494 e. The van der Waals surface area contributed by atoms with Crippen LogP contribution in [0.2, 0.25) is 0 Å². The number of benzene rings is 2. The Bertz CT molecular complexity index is 786. The van der Waals surface area contributed by atoms with E-state index in [0.717, 1.165) is 12.1 Å². The molecular formula is C16H10F6O3. The van der Waals surface area contributed by atoms with E-state index in [4.69, 9.17) is 4.74 Å². The van der Waals surface area contributed by atoms with E-state index in [1.165, 1.54) is 19.2 Å². The Balaban J connectivity index is 2.45. The summed E-state index contributed by atoms with van der Waals surface area (Å²) in [6, 6.07) is 4.82. The summed E-state index contributed by atoms with van der Waals surface area (Å²) < 4.78 is 87.7. The number of ether oxygens (including phenoxy) is 2. The summed E-state index contributed by atoms with van der Waals surface area (Å²) in [5.74, 6) is -6.89. The number of alkyl halides is 5. The van der Waals surface area contributed by atoms with Crippen molar-refractivity contribution in [1.29, 1.82) is 0 Å². The maximum atomic E-state index is 13.6. The Morgan fingerprint density at radius 2 is 1.64 bits per heavy atom. The molecule has 134 valence electrons. The third-order valence-corrected chi connectivity index (χ3v) is 3.21.